The maximum Gasteiger partial charge on any atom is 0.291 e. The first-order chi connectivity index (χ1) is 9.51. The van der Waals surface area contributed by atoms with Crippen molar-refractivity contribution < 1.29 is 4.79 Å². The summed E-state index contributed by atoms with van der Waals surface area (Å²) < 4.78 is 0. The summed E-state index contributed by atoms with van der Waals surface area (Å²) in [6.45, 7) is 8.18. The minimum atomic E-state index is -0.237. The van der Waals surface area contributed by atoms with Gasteiger partial charge >= 0.3 is 0 Å². The molecule has 20 heavy (non-hydrogen) atoms. The number of nitrogens with zero attached hydrogens (tertiary/aromatic N) is 2. The molecule has 0 radical (unpaired) electrons. The fraction of sp³-hybridized carbons (Fsp3) is 0.500. The third-order valence-electron chi connectivity index (χ3n) is 3.12. The molecule has 0 aromatic carbocycles. The van der Waals surface area contributed by atoms with E-state index < -0.39 is 0 Å². The van der Waals surface area contributed by atoms with E-state index in [0.717, 1.165) is 24.2 Å². The Morgan fingerprint density at radius 1 is 1.50 bits per heavy atom. The van der Waals surface area contributed by atoms with Crippen LogP contribution in [0, 0.1) is 13.8 Å². The van der Waals surface area contributed by atoms with Crippen molar-refractivity contribution in [2.45, 2.75) is 46.6 Å². The van der Waals surface area contributed by atoms with Gasteiger partial charge in [0.15, 0.2) is 0 Å². The first-order valence-corrected chi connectivity index (χ1v) is 7.62. The number of amides is 1. The summed E-state index contributed by atoms with van der Waals surface area (Å²) in [6.07, 6.45) is 1.78. The number of hydrogen-bond acceptors (Lipinski definition) is 4. The summed E-state index contributed by atoms with van der Waals surface area (Å²) in [7, 11) is 0. The SMILES string of the molecule is CCCc1nc(C(=O)NC(C)c2cc(C)sc2C)n[nH]1. The van der Waals surface area contributed by atoms with Crippen LogP contribution in [0.3, 0.4) is 0 Å². The van der Waals surface area contributed by atoms with Gasteiger partial charge in [0.1, 0.15) is 5.82 Å². The molecule has 2 aromatic heterocycles. The molecule has 2 heterocycles. The van der Waals surface area contributed by atoms with Gasteiger partial charge in [0.25, 0.3) is 5.91 Å². The van der Waals surface area contributed by atoms with E-state index in [2.05, 4.69) is 47.3 Å². The van der Waals surface area contributed by atoms with Crippen LogP contribution in [0.2, 0.25) is 0 Å². The summed E-state index contributed by atoms with van der Waals surface area (Å²) in [4.78, 5) is 18.8. The van der Waals surface area contributed by atoms with E-state index in [9.17, 15) is 4.79 Å². The highest BCUT2D eigenvalue weighted by molar-refractivity contribution is 7.12. The molecule has 5 nitrogen and oxygen atoms in total. The zero-order chi connectivity index (χ0) is 14.7. The first-order valence-electron chi connectivity index (χ1n) is 6.80. The highest BCUT2D eigenvalue weighted by Crippen LogP contribution is 2.26. The van der Waals surface area contributed by atoms with Crippen molar-refractivity contribution in [3.05, 3.63) is 33.0 Å². The van der Waals surface area contributed by atoms with Gasteiger partial charge in [0, 0.05) is 16.2 Å². The van der Waals surface area contributed by atoms with E-state index in [1.807, 2.05) is 6.92 Å². The van der Waals surface area contributed by atoms with Gasteiger partial charge in [-0.25, -0.2) is 4.98 Å². The summed E-state index contributed by atoms with van der Waals surface area (Å²) in [5, 5.41) is 9.70. The second-order valence-corrected chi connectivity index (χ2v) is 6.38. The minimum Gasteiger partial charge on any atom is -0.343 e. The van der Waals surface area contributed by atoms with Crippen LogP contribution >= 0.6 is 11.3 Å². The second kappa shape index (κ2) is 6.17. The third kappa shape index (κ3) is 3.25. The lowest BCUT2D eigenvalue weighted by atomic mass is 10.1. The number of aromatic nitrogens is 3. The Balaban J connectivity index is 2.05. The zero-order valence-corrected chi connectivity index (χ0v) is 13.1. The quantitative estimate of drug-likeness (QED) is 0.890. The molecular weight excluding hydrogens is 272 g/mol. The zero-order valence-electron chi connectivity index (χ0n) is 12.3. The highest BCUT2D eigenvalue weighted by atomic mass is 32.1. The van der Waals surface area contributed by atoms with Gasteiger partial charge in [0.05, 0.1) is 6.04 Å². The van der Waals surface area contributed by atoms with Gasteiger partial charge in [0.2, 0.25) is 5.82 Å². The molecule has 108 valence electrons. The standard InChI is InChI=1S/C14H20N4OS/c1-5-6-12-16-13(18-17-12)14(19)15-9(3)11-7-8(2)20-10(11)4/h7,9H,5-6H2,1-4H3,(H,15,19)(H,16,17,18). The Kier molecular flexibility index (Phi) is 4.54. The van der Waals surface area contributed by atoms with Crippen molar-refractivity contribution in [3.63, 3.8) is 0 Å². The number of thiophene rings is 1. The van der Waals surface area contributed by atoms with Crippen LogP contribution in [-0.2, 0) is 6.42 Å². The van der Waals surface area contributed by atoms with Gasteiger partial charge < -0.3 is 5.32 Å². The number of H-pyrrole nitrogens is 1. The van der Waals surface area contributed by atoms with Crippen molar-refractivity contribution >= 4 is 17.2 Å². The predicted octanol–water partition coefficient (Wildman–Crippen LogP) is 2.93. The van der Waals surface area contributed by atoms with Crippen LogP contribution in [0.1, 0.15) is 58.1 Å². The maximum absolute atomic E-state index is 12.1. The van der Waals surface area contributed by atoms with Gasteiger partial charge in [-0.15, -0.1) is 16.4 Å². The van der Waals surface area contributed by atoms with Crippen molar-refractivity contribution in [2.75, 3.05) is 0 Å². The second-order valence-electron chi connectivity index (χ2n) is 4.92. The Hall–Kier alpha value is -1.69. The van der Waals surface area contributed by atoms with Crippen LogP contribution in [0.4, 0.5) is 0 Å². The molecule has 1 amide bonds. The van der Waals surface area contributed by atoms with Crippen LogP contribution in [0.15, 0.2) is 6.07 Å². The van der Waals surface area contributed by atoms with E-state index in [0.29, 0.717) is 0 Å². The van der Waals surface area contributed by atoms with Crippen molar-refractivity contribution in [1.29, 1.82) is 0 Å². The molecule has 0 fully saturated rings. The topological polar surface area (TPSA) is 70.7 Å². The van der Waals surface area contributed by atoms with Gasteiger partial charge in [-0.05, 0) is 38.8 Å². The van der Waals surface area contributed by atoms with Crippen molar-refractivity contribution in [2.24, 2.45) is 0 Å². The van der Waals surface area contributed by atoms with Crippen LogP contribution in [0.25, 0.3) is 0 Å². The fourth-order valence-electron chi connectivity index (χ4n) is 2.16. The summed E-state index contributed by atoms with van der Waals surface area (Å²) >= 11 is 1.74. The molecule has 2 N–H and O–H groups in total. The van der Waals surface area contributed by atoms with Crippen LogP contribution in [0.5, 0.6) is 0 Å². The molecule has 0 spiro atoms. The normalized spacial score (nSPS) is 12.4. The first kappa shape index (κ1) is 14.7. The minimum absolute atomic E-state index is 0.0411. The van der Waals surface area contributed by atoms with Crippen LogP contribution < -0.4 is 5.32 Å². The van der Waals surface area contributed by atoms with Gasteiger partial charge in [-0.2, -0.15) is 0 Å². The molecule has 1 unspecified atom stereocenters. The van der Waals surface area contributed by atoms with Gasteiger partial charge in [-0.3, -0.25) is 9.89 Å². The van der Waals surface area contributed by atoms with E-state index >= 15 is 0 Å². The van der Waals surface area contributed by atoms with Gasteiger partial charge in [-0.1, -0.05) is 6.92 Å². The van der Waals surface area contributed by atoms with Crippen molar-refractivity contribution in [1.82, 2.24) is 20.5 Å². The highest BCUT2D eigenvalue weighted by Gasteiger charge is 2.17. The molecule has 0 aliphatic carbocycles. The average molecular weight is 292 g/mol. The fourth-order valence-corrected chi connectivity index (χ4v) is 3.19. The lowest BCUT2D eigenvalue weighted by Crippen LogP contribution is -2.27. The molecule has 2 aromatic rings. The molecule has 0 saturated heterocycles. The van der Waals surface area contributed by atoms with E-state index in [-0.39, 0.29) is 17.8 Å². The van der Waals surface area contributed by atoms with E-state index in [1.54, 1.807) is 11.3 Å². The van der Waals surface area contributed by atoms with Crippen LogP contribution in [-0.4, -0.2) is 21.1 Å². The summed E-state index contributed by atoms with van der Waals surface area (Å²) in [6, 6.07) is 2.08. The molecule has 0 aliphatic heterocycles. The number of nitrogens with one attached hydrogen (secondary N) is 2. The average Bonchev–Trinajstić information content (AvgIpc) is 2.96. The predicted molar refractivity (Wildman–Crippen MR) is 80.1 cm³/mol. The molecule has 0 bridgehead atoms. The lowest BCUT2D eigenvalue weighted by molar-refractivity contribution is 0.0929. The number of carbonyl (C=O) groups excluding carboxylic acids is 1. The molecular formula is C14H20N4OS. The lowest BCUT2D eigenvalue weighted by Gasteiger charge is -2.12. The molecule has 2 rings (SSSR count). The number of rotatable bonds is 5. The smallest absolute Gasteiger partial charge is 0.291 e. The Morgan fingerprint density at radius 3 is 2.85 bits per heavy atom. The number of aryl methyl sites for hydroxylation is 3. The number of carbonyl (C=O) groups is 1. The number of aromatic amines is 1. The molecule has 1 atom stereocenters. The summed E-state index contributed by atoms with van der Waals surface area (Å²) in [5.41, 5.74) is 1.16. The Bertz CT molecular complexity index is 602. The monoisotopic (exact) mass is 292 g/mol. The van der Waals surface area contributed by atoms with E-state index in [4.69, 9.17) is 0 Å². The Labute approximate surface area is 122 Å². The van der Waals surface area contributed by atoms with E-state index in [1.165, 1.54) is 9.75 Å². The maximum atomic E-state index is 12.1. The number of hydrogen-bond donors (Lipinski definition) is 2. The molecule has 0 aliphatic rings. The summed E-state index contributed by atoms with van der Waals surface area (Å²) in [5.74, 6) is 0.733. The molecule has 0 saturated carbocycles. The third-order valence-corrected chi connectivity index (χ3v) is 4.10. The molecule has 6 heteroatoms. The largest absolute Gasteiger partial charge is 0.343 e. The van der Waals surface area contributed by atoms with Crippen molar-refractivity contribution in [3.8, 4) is 0 Å². The Morgan fingerprint density at radius 2 is 2.25 bits per heavy atom.